The lowest BCUT2D eigenvalue weighted by molar-refractivity contribution is 0.0947. The minimum Gasteiger partial charge on any atom is -0.497 e. The molecule has 2 N–H and O–H groups in total. The normalized spacial score (nSPS) is 10.5. The van der Waals surface area contributed by atoms with Gasteiger partial charge in [0.1, 0.15) is 17.3 Å². The number of hydrogen-bond donors (Lipinski definition) is 2. The Kier molecular flexibility index (Phi) is 6.51. The summed E-state index contributed by atoms with van der Waals surface area (Å²) < 4.78 is 5.17. The zero-order chi connectivity index (χ0) is 17.4. The third-order valence-electron chi connectivity index (χ3n) is 3.29. The molecule has 0 saturated heterocycles. The molecule has 0 bridgehead atoms. The highest BCUT2D eigenvalue weighted by atomic mass is 16.5. The summed E-state index contributed by atoms with van der Waals surface area (Å²) in [6.07, 6.45) is 3.89. The minimum atomic E-state index is -0.214. The molecule has 0 aliphatic carbocycles. The minimum absolute atomic E-state index is 0.214. The molecular weight excluding hydrogens is 306 g/mol. The van der Waals surface area contributed by atoms with E-state index in [4.69, 9.17) is 4.74 Å². The third kappa shape index (κ3) is 5.51. The first-order valence-electron chi connectivity index (χ1n) is 7.74. The summed E-state index contributed by atoms with van der Waals surface area (Å²) >= 11 is 0. The third-order valence-corrected chi connectivity index (χ3v) is 3.29. The lowest BCUT2D eigenvalue weighted by atomic mass is 10.3. The quantitative estimate of drug-likeness (QED) is 0.720. The number of nitrogens with one attached hydrogen (secondary N) is 2. The Morgan fingerprint density at radius 1 is 1.25 bits per heavy atom. The maximum Gasteiger partial charge on any atom is 0.271 e. The molecule has 1 aromatic heterocycles. The topological polar surface area (TPSA) is 79.4 Å². The van der Waals surface area contributed by atoms with E-state index in [1.165, 1.54) is 12.4 Å². The molecule has 1 aromatic carbocycles. The molecule has 2 rings (SSSR count). The molecule has 1 heterocycles. The molecule has 24 heavy (non-hydrogen) atoms. The van der Waals surface area contributed by atoms with Crippen LogP contribution < -0.4 is 15.4 Å². The highest BCUT2D eigenvalue weighted by molar-refractivity contribution is 5.92. The number of methoxy groups -OCH3 is 1. The van der Waals surface area contributed by atoms with Crippen molar-refractivity contribution in [2.24, 2.45) is 0 Å². The number of benzene rings is 1. The van der Waals surface area contributed by atoms with Gasteiger partial charge in [0.25, 0.3) is 5.91 Å². The first-order valence-corrected chi connectivity index (χ1v) is 7.74. The second kappa shape index (κ2) is 8.83. The van der Waals surface area contributed by atoms with Gasteiger partial charge in [-0.15, -0.1) is 0 Å². The van der Waals surface area contributed by atoms with Gasteiger partial charge in [-0.2, -0.15) is 0 Å². The predicted octanol–water partition coefficient (Wildman–Crippen LogP) is 1.91. The number of carbonyl (C=O) groups excluding carboxylic acids is 1. The molecule has 0 aliphatic heterocycles. The van der Waals surface area contributed by atoms with E-state index in [1.54, 1.807) is 7.11 Å². The Labute approximate surface area is 142 Å². The van der Waals surface area contributed by atoms with Crippen LogP contribution >= 0.6 is 0 Å². The Balaban J connectivity index is 1.88. The Bertz CT molecular complexity index is 658. The van der Waals surface area contributed by atoms with Crippen LogP contribution in [0.4, 0.5) is 11.5 Å². The number of amides is 1. The van der Waals surface area contributed by atoms with Gasteiger partial charge in [-0.1, -0.05) is 6.07 Å². The van der Waals surface area contributed by atoms with Gasteiger partial charge >= 0.3 is 0 Å². The van der Waals surface area contributed by atoms with Crippen LogP contribution in [0.5, 0.6) is 5.75 Å². The van der Waals surface area contributed by atoms with E-state index in [1.807, 2.05) is 38.4 Å². The smallest absolute Gasteiger partial charge is 0.271 e. The maximum absolute atomic E-state index is 12.0. The molecule has 0 saturated carbocycles. The van der Waals surface area contributed by atoms with Gasteiger partial charge in [-0.25, -0.2) is 9.97 Å². The highest BCUT2D eigenvalue weighted by Crippen LogP contribution is 2.19. The lowest BCUT2D eigenvalue weighted by Gasteiger charge is -2.10. The van der Waals surface area contributed by atoms with Crippen molar-refractivity contribution in [3.63, 3.8) is 0 Å². The summed E-state index contributed by atoms with van der Waals surface area (Å²) in [5.74, 6) is 1.10. The zero-order valence-electron chi connectivity index (χ0n) is 14.2. The maximum atomic E-state index is 12.0. The summed E-state index contributed by atoms with van der Waals surface area (Å²) in [5.41, 5.74) is 1.14. The van der Waals surface area contributed by atoms with E-state index >= 15 is 0 Å². The molecule has 0 radical (unpaired) electrons. The fourth-order valence-electron chi connectivity index (χ4n) is 2.05. The van der Waals surface area contributed by atoms with Crippen LogP contribution in [0.3, 0.4) is 0 Å². The fraction of sp³-hybridized carbons (Fsp3) is 0.353. The highest BCUT2D eigenvalue weighted by Gasteiger charge is 2.07. The molecule has 2 aromatic rings. The van der Waals surface area contributed by atoms with Gasteiger partial charge in [0.15, 0.2) is 0 Å². The van der Waals surface area contributed by atoms with Gasteiger partial charge in [-0.05, 0) is 39.2 Å². The number of anilines is 2. The van der Waals surface area contributed by atoms with Crippen molar-refractivity contribution < 1.29 is 9.53 Å². The Morgan fingerprint density at radius 3 is 2.75 bits per heavy atom. The molecule has 1 amide bonds. The number of rotatable bonds is 8. The van der Waals surface area contributed by atoms with E-state index in [2.05, 4.69) is 25.5 Å². The van der Waals surface area contributed by atoms with Crippen molar-refractivity contribution in [2.45, 2.75) is 6.42 Å². The standard InChI is InChI=1S/C17H23N5O2/c1-22(2)9-5-8-18-17(23)15-11-20-16(12-19-15)21-13-6-4-7-14(10-13)24-3/h4,6-7,10-12H,5,8-9H2,1-3H3,(H,18,23)(H,20,21). The Morgan fingerprint density at radius 2 is 2.08 bits per heavy atom. The number of aromatic nitrogens is 2. The monoisotopic (exact) mass is 329 g/mol. The van der Waals surface area contributed by atoms with Crippen LogP contribution in [-0.2, 0) is 0 Å². The van der Waals surface area contributed by atoms with Gasteiger partial charge in [0.2, 0.25) is 0 Å². The van der Waals surface area contributed by atoms with Crippen molar-refractivity contribution in [2.75, 3.05) is 39.6 Å². The van der Waals surface area contributed by atoms with Gasteiger partial charge < -0.3 is 20.3 Å². The van der Waals surface area contributed by atoms with E-state index in [0.717, 1.165) is 24.4 Å². The SMILES string of the molecule is COc1cccc(Nc2cnc(C(=O)NCCCN(C)C)cn2)c1. The van der Waals surface area contributed by atoms with Crippen molar-refractivity contribution in [3.05, 3.63) is 42.4 Å². The number of hydrogen-bond acceptors (Lipinski definition) is 6. The molecule has 0 fully saturated rings. The van der Waals surface area contributed by atoms with Crippen LogP contribution in [0.2, 0.25) is 0 Å². The summed E-state index contributed by atoms with van der Waals surface area (Å²) in [7, 11) is 5.62. The molecule has 7 nitrogen and oxygen atoms in total. The predicted molar refractivity (Wildman–Crippen MR) is 93.8 cm³/mol. The largest absolute Gasteiger partial charge is 0.497 e. The van der Waals surface area contributed by atoms with Gasteiger partial charge in [0.05, 0.1) is 19.5 Å². The fourth-order valence-corrected chi connectivity index (χ4v) is 2.05. The molecular formula is C17H23N5O2. The van der Waals surface area contributed by atoms with E-state index < -0.39 is 0 Å². The molecule has 0 aliphatic rings. The van der Waals surface area contributed by atoms with Crippen molar-refractivity contribution in [3.8, 4) is 5.75 Å². The number of ether oxygens (including phenoxy) is 1. The molecule has 0 unspecified atom stereocenters. The lowest BCUT2D eigenvalue weighted by Crippen LogP contribution is -2.27. The summed E-state index contributed by atoms with van der Waals surface area (Å²) in [6, 6.07) is 7.49. The molecule has 0 atom stereocenters. The van der Waals surface area contributed by atoms with Crippen LogP contribution in [0.15, 0.2) is 36.7 Å². The van der Waals surface area contributed by atoms with Crippen LogP contribution in [0.1, 0.15) is 16.9 Å². The van der Waals surface area contributed by atoms with Gasteiger partial charge in [0, 0.05) is 18.3 Å². The van der Waals surface area contributed by atoms with E-state index in [9.17, 15) is 4.79 Å². The van der Waals surface area contributed by atoms with Crippen LogP contribution in [-0.4, -0.2) is 55.1 Å². The van der Waals surface area contributed by atoms with Crippen molar-refractivity contribution in [1.29, 1.82) is 0 Å². The summed E-state index contributed by atoms with van der Waals surface area (Å²) in [5, 5.41) is 5.95. The number of nitrogens with zero attached hydrogens (tertiary/aromatic N) is 3. The van der Waals surface area contributed by atoms with Crippen LogP contribution in [0, 0.1) is 0 Å². The Hall–Kier alpha value is -2.67. The first kappa shape index (κ1) is 17.7. The average molecular weight is 329 g/mol. The van der Waals surface area contributed by atoms with Crippen LogP contribution in [0.25, 0.3) is 0 Å². The first-order chi connectivity index (χ1) is 11.6. The average Bonchev–Trinajstić information content (AvgIpc) is 2.59. The van der Waals surface area contributed by atoms with Gasteiger partial charge in [-0.3, -0.25) is 4.79 Å². The summed E-state index contributed by atoms with van der Waals surface area (Å²) in [4.78, 5) is 22.4. The second-order valence-electron chi connectivity index (χ2n) is 5.56. The van der Waals surface area contributed by atoms with E-state index in [0.29, 0.717) is 18.1 Å². The summed E-state index contributed by atoms with van der Waals surface area (Å²) in [6.45, 7) is 1.54. The zero-order valence-corrected chi connectivity index (χ0v) is 14.2. The molecule has 7 heteroatoms. The number of carbonyl (C=O) groups is 1. The second-order valence-corrected chi connectivity index (χ2v) is 5.56. The van der Waals surface area contributed by atoms with E-state index in [-0.39, 0.29) is 5.91 Å². The van der Waals surface area contributed by atoms with Crippen molar-refractivity contribution in [1.82, 2.24) is 20.2 Å². The molecule has 0 spiro atoms. The molecule has 128 valence electrons. The van der Waals surface area contributed by atoms with Crippen molar-refractivity contribution >= 4 is 17.4 Å².